The fourth-order valence-corrected chi connectivity index (χ4v) is 9.48. The molecule has 2 aliphatic rings. The molecule has 2 atom stereocenters. The molecule has 2 aliphatic heterocycles. The van der Waals surface area contributed by atoms with Gasteiger partial charge in [-0.2, -0.15) is 0 Å². The van der Waals surface area contributed by atoms with Crippen LogP contribution in [0.2, 0.25) is 0 Å². The van der Waals surface area contributed by atoms with Crippen molar-refractivity contribution in [1.29, 1.82) is 0 Å². The van der Waals surface area contributed by atoms with E-state index in [0.717, 1.165) is 17.5 Å². The summed E-state index contributed by atoms with van der Waals surface area (Å²) in [7, 11) is -5.93. The summed E-state index contributed by atoms with van der Waals surface area (Å²) in [5, 5.41) is -1.01. The lowest BCUT2D eigenvalue weighted by atomic mass is 9.98. The van der Waals surface area contributed by atoms with Crippen molar-refractivity contribution in [2.45, 2.75) is 36.1 Å². The number of nitrogens with zero attached hydrogens (tertiary/aromatic N) is 1. The molecule has 2 aromatic rings. The molecule has 156 valence electrons. The Balaban J connectivity index is 1.73. The molecule has 2 aromatic carbocycles. The van der Waals surface area contributed by atoms with E-state index >= 15 is 0 Å². The second kappa shape index (κ2) is 7.41. The quantitative estimate of drug-likeness (QED) is 0.731. The van der Waals surface area contributed by atoms with Gasteiger partial charge >= 0.3 is 0 Å². The second-order valence-corrected chi connectivity index (χ2v) is 12.2. The van der Waals surface area contributed by atoms with Crippen LogP contribution in [-0.2, 0) is 32.6 Å². The number of hydrogen-bond acceptors (Lipinski definition) is 6. The zero-order chi connectivity index (χ0) is 20.8. The highest BCUT2D eigenvalue weighted by atomic mass is 32.2. The molecule has 2 heterocycles. The highest BCUT2D eigenvalue weighted by Crippen LogP contribution is 2.35. The zero-order valence-electron chi connectivity index (χ0n) is 16.5. The summed E-state index contributed by atoms with van der Waals surface area (Å²) in [4.78, 5) is 2.10. The fraction of sp³-hybridized carbons (Fsp3) is 0.429. The maximum Gasteiger partial charge on any atom is 0.187 e. The number of hydrogen-bond donors (Lipinski definition) is 0. The average molecular weight is 436 g/mol. The van der Waals surface area contributed by atoms with Gasteiger partial charge in [-0.05, 0) is 42.2 Å². The van der Waals surface area contributed by atoms with Crippen LogP contribution in [-0.4, -0.2) is 58.2 Å². The lowest BCUT2D eigenvalue weighted by molar-refractivity contribution is 0.195. The molecule has 29 heavy (non-hydrogen) atoms. The summed E-state index contributed by atoms with van der Waals surface area (Å²) >= 11 is 0. The molecule has 0 saturated carbocycles. The number of methoxy groups -OCH3 is 1. The second-order valence-electron chi connectivity index (χ2n) is 7.87. The molecule has 6 nitrogen and oxygen atoms in total. The Hall–Kier alpha value is -1.90. The summed E-state index contributed by atoms with van der Waals surface area (Å²) in [6, 6.07) is 12.5. The molecule has 2 unspecified atom stereocenters. The number of sulfone groups is 2. The van der Waals surface area contributed by atoms with Crippen LogP contribution in [0.25, 0.3) is 0 Å². The number of benzene rings is 2. The van der Waals surface area contributed by atoms with Crippen molar-refractivity contribution >= 4 is 19.7 Å². The Morgan fingerprint density at radius 2 is 1.79 bits per heavy atom. The van der Waals surface area contributed by atoms with Gasteiger partial charge in [-0.3, -0.25) is 4.90 Å². The number of aryl methyl sites for hydroxylation is 1. The van der Waals surface area contributed by atoms with E-state index in [-0.39, 0.29) is 22.2 Å². The van der Waals surface area contributed by atoms with E-state index < -0.39 is 31.0 Å². The monoisotopic (exact) mass is 435 g/mol. The van der Waals surface area contributed by atoms with Crippen LogP contribution < -0.4 is 4.74 Å². The Morgan fingerprint density at radius 3 is 2.52 bits per heavy atom. The van der Waals surface area contributed by atoms with Crippen molar-refractivity contribution in [3.63, 3.8) is 0 Å². The third-order valence-corrected chi connectivity index (χ3v) is 10.1. The Bertz CT molecular complexity index is 1140. The van der Waals surface area contributed by atoms with E-state index in [1.54, 1.807) is 18.2 Å². The highest BCUT2D eigenvalue weighted by Gasteiger charge is 2.49. The minimum Gasteiger partial charge on any atom is -0.495 e. The van der Waals surface area contributed by atoms with Gasteiger partial charge in [0, 0.05) is 19.1 Å². The molecule has 0 bridgehead atoms. The lowest BCUT2D eigenvalue weighted by Gasteiger charge is -2.35. The molecule has 1 saturated heterocycles. The van der Waals surface area contributed by atoms with Crippen molar-refractivity contribution in [1.82, 2.24) is 4.90 Å². The van der Waals surface area contributed by atoms with E-state index in [2.05, 4.69) is 6.07 Å². The number of rotatable bonds is 4. The van der Waals surface area contributed by atoms with E-state index in [1.165, 1.54) is 12.7 Å². The summed E-state index contributed by atoms with van der Waals surface area (Å²) in [5.74, 6) is -0.231. The molecule has 0 spiro atoms. The van der Waals surface area contributed by atoms with Crippen molar-refractivity contribution < 1.29 is 21.6 Å². The number of ether oxygens (including phenoxy) is 1. The van der Waals surface area contributed by atoms with Crippen LogP contribution in [0.4, 0.5) is 0 Å². The standard InChI is InChI=1S/C21H25NO5S2/c1-15-7-8-19(27-2)20(11-15)29(25,26)21-14-28(23,24)13-18(21)22-10-9-16-5-3-4-6-17(16)12-22/h3-8,11,18,21H,9-10,12-14H2,1-2H3. The Kier molecular flexibility index (Phi) is 5.21. The van der Waals surface area contributed by atoms with Crippen LogP contribution in [0.3, 0.4) is 0 Å². The average Bonchev–Trinajstić information content (AvgIpc) is 3.04. The van der Waals surface area contributed by atoms with Crippen molar-refractivity contribution in [3.8, 4) is 5.75 Å². The lowest BCUT2D eigenvalue weighted by Crippen LogP contribution is -2.48. The summed E-state index contributed by atoms with van der Waals surface area (Å²) < 4.78 is 57.5. The Morgan fingerprint density at radius 1 is 1.07 bits per heavy atom. The predicted molar refractivity (Wildman–Crippen MR) is 112 cm³/mol. The third-order valence-electron chi connectivity index (χ3n) is 5.93. The van der Waals surface area contributed by atoms with Crippen molar-refractivity contribution in [3.05, 3.63) is 59.2 Å². The van der Waals surface area contributed by atoms with Gasteiger partial charge in [0.25, 0.3) is 0 Å². The normalized spacial score (nSPS) is 24.2. The first kappa shape index (κ1) is 20.4. The molecule has 1 fully saturated rings. The summed E-state index contributed by atoms with van der Waals surface area (Å²) in [6.07, 6.45) is 0.785. The summed E-state index contributed by atoms with van der Waals surface area (Å²) in [6.45, 7) is 3.02. The third kappa shape index (κ3) is 3.81. The molecular weight excluding hydrogens is 410 g/mol. The van der Waals surface area contributed by atoms with Gasteiger partial charge in [0.2, 0.25) is 0 Å². The smallest absolute Gasteiger partial charge is 0.187 e. The first-order valence-electron chi connectivity index (χ1n) is 9.61. The molecule has 4 rings (SSSR count). The van der Waals surface area contributed by atoms with Crippen LogP contribution in [0.15, 0.2) is 47.4 Å². The topological polar surface area (TPSA) is 80.8 Å². The minimum atomic E-state index is -3.90. The van der Waals surface area contributed by atoms with E-state index in [1.807, 2.05) is 30.0 Å². The summed E-state index contributed by atoms with van der Waals surface area (Å²) in [5.41, 5.74) is 3.16. The van der Waals surface area contributed by atoms with Gasteiger partial charge < -0.3 is 4.74 Å². The largest absolute Gasteiger partial charge is 0.495 e. The zero-order valence-corrected chi connectivity index (χ0v) is 18.2. The molecule has 0 aromatic heterocycles. The van der Waals surface area contributed by atoms with Gasteiger partial charge in [-0.1, -0.05) is 30.3 Å². The van der Waals surface area contributed by atoms with Crippen LogP contribution in [0.5, 0.6) is 5.75 Å². The molecule has 0 amide bonds. The van der Waals surface area contributed by atoms with Crippen LogP contribution >= 0.6 is 0 Å². The molecule has 0 aliphatic carbocycles. The molecule has 8 heteroatoms. The fourth-order valence-electron chi connectivity index (χ4n) is 4.40. The van der Waals surface area contributed by atoms with E-state index in [0.29, 0.717) is 13.1 Å². The minimum absolute atomic E-state index is 0.0736. The SMILES string of the molecule is COc1ccc(C)cc1S(=O)(=O)C1CS(=O)(=O)CC1N1CCc2ccccc2C1. The van der Waals surface area contributed by atoms with Gasteiger partial charge in [-0.25, -0.2) is 16.8 Å². The van der Waals surface area contributed by atoms with E-state index in [4.69, 9.17) is 4.74 Å². The first-order valence-corrected chi connectivity index (χ1v) is 13.0. The number of fused-ring (bicyclic) bond motifs is 1. The van der Waals surface area contributed by atoms with E-state index in [9.17, 15) is 16.8 Å². The maximum absolute atomic E-state index is 13.6. The highest BCUT2D eigenvalue weighted by molar-refractivity contribution is 7.96. The van der Waals surface area contributed by atoms with Crippen molar-refractivity contribution in [2.75, 3.05) is 25.2 Å². The molecule has 0 radical (unpaired) electrons. The molecule has 0 N–H and O–H groups in total. The molecular formula is C21H25NO5S2. The van der Waals surface area contributed by atoms with Gasteiger partial charge in [0.15, 0.2) is 19.7 Å². The first-order chi connectivity index (χ1) is 13.7. The van der Waals surface area contributed by atoms with Gasteiger partial charge in [0.05, 0.1) is 23.9 Å². The van der Waals surface area contributed by atoms with Gasteiger partial charge in [-0.15, -0.1) is 0 Å². The predicted octanol–water partition coefficient (Wildman–Crippen LogP) is 2.00. The van der Waals surface area contributed by atoms with Gasteiger partial charge in [0.1, 0.15) is 10.6 Å². The van der Waals surface area contributed by atoms with Crippen molar-refractivity contribution in [2.24, 2.45) is 0 Å². The Labute approximate surface area is 172 Å². The maximum atomic E-state index is 13.6. The van der Waals surface area contributed by atoms with Crippen LogP contribution in [0, 0.1) is 6.92 Å². The van der Waals surface area contributed by atoms with Crippen LogP contribution in [0.1, 0.15) is 16.7 Å².